The largest absolute Gasteiger partial charge is 0.393 e. The van der Waals surface area contributed by atoms with E-state index in [2.05, 4.69) is 15.9 Å². The maximum absolute atomic E-state index is 12.5. The van der Waals surface area contributed by atoms with Gasteiger partial charge in [0, 0.05) is 4.47 Å². The highest BCUT2D eigenvalue weighted by atomic mass is 79.9. The summed E-state index contributed by atoms with van der Waals surface area (Å²) in [6, 6.07) is 3.14. The van der Waals surface area contributed by atoms with Crippen LogP contribution in [-0.4, -0.2) is 6.18 Å². The van der Waals surface area contributed by atoms with Gasteiger partial charge in [0.15, 0.2) is 0 Å². The minimum Gasteiger partial charge on any atom is -0.207 e. The molecule has 0 aliphatic heterocycles. The van der Waals surface area contributed by atoms with Crippen molar-refractivity contribution in [3.63, 3.8) is 0 Å². The van der Waals surface area contributed by atoms with E-state index in [9.17, 15) is 17.6 Å². The smallest absolute Gasteiger partial charge is 0.207 e. The molecular weight excluding hydrogens is 252 g/mol. The third-order valence-electron chi connectivity index (χ3n) is 1.41. The molecule has 1 rings (SSSR count). The molecule has 0 saturated carbocycles. The standard InChI is InChI=1S/C8H5BrF4/c9-7-3-6(10)2-1-5(7)4-8(11,12)13/h1-3H,4H2. The summed E-state index contributed by atoms with van der Waals surface area (Å²) in [7, 11) is 0. The van der Waals surface area contributed by atoms with Crippen molar-refractivity contribution >= 4 is 15.9 Å². The highest BCUT2D eigenvalue weighted by Gasteiger charge is 2.28. The van der Waals surface area contributed by atoms with Gasteiger partial charge < -0.3 is 0 Å². The first-order chi connectivity index (χ1) is 5.88. The van der Waals surface area contributed by atoms with Crippen LogP contribution in [0.15, 0.2) is 22.7 Å². The molecule has 0 atom stereocenters. The van der Waals surface area contributed by atoms with Crippen molar-refractivity contribution in [2.24, 2.45) is 0 Å². The second kappa shape index (κ2) is 3.65. The van der Waals surface area contributed by atoms with Crippen LogP contribution in [0.5, 0.6) is 0 Å². The van der Waals surface area contributed by atoms with E-state index in [0.717, 1.165) is 18.2 Å². The van der Waals surface area contributed by atoms with Crippen LogP contribution in [0, 0.1) is 5.82 Å². The van der Waals surface area contributed by atoms with Crippen molar-refractivity contribution in [2.75, 3.05) is 0 Å². The molecule has 0 aliphatic rings. The summed E-state index contributed by atoms with van der Waals surface area (Å²) < 4.78 is 48.3. The highest BCUT2D eigenvalue weighted by Crippen LogP contribution is 2.26. The molecule has 1 aromatic carbocycles. The van der Waals surface area contributed by atoms with Crippen molar-refractivity contribution < 1.29 is 17.6 Å². The van der Waals surface area contributed by atoms with E-state index >= 15 is 0 Å². The van der Waals surface area contributed by atoms with Crippen LogP contribution in [0.1, 0.15) is 5.56 Å². The van der Waals surface area contributed by atoms with Gasteiger partial charge in [0.05, 0.1) is 6.42 Å². The molecule has 0 amide bonds. The van der Waals surface area contributed by atoms with Crippen molar-refractivity contribution in [1.82, 2.24) is 0 Å². The van der Waals surface area contributed by atoms with Gasteiger partial charge in [0.2, 0.25) is 0 Å². The van der Waals surface area contributed by atoms with E-state index in [1.165, 1.54) is 0 Å². The van der Waals surface area contributed by atoms with Gasteiger partial charge in [-0.1, -0.05) is 22.0 Å². The Morgan fingerprint density at radius 3 is 2.31 bits per heavy atom. The predicted molar refractivity (Wildman–Crippen MR) is 43.9 cm³/mol. The number of halogens is 5. The second-order valence-electron chi connectivity index (χ2n) is 2.53. The summed E-state index contributed by atoms with van der Waals surface area (Å²) in [5.41, 5.74) is 0.0360. The molecule has 72 valence electrons. The Morgan fingerprint density at radius 1 is 1.23 bits per heavy atom. The predicted octanol–water partition coefficient (Wildman–Crippen LogP) is 3.69. The normalized spacial score (nSPS) is 11.8. The van der Waals surface area contributed by atoms with E-state index in [1.54, 1.807) is 0 Å². The molecule has 0 bridgehead atoms. The first-order valence-corrected chi connectivity index (χ1v) is 4.18. The zero-order valence-corrected chi connectivity index (χ0v) is 7.91. The topological polar surface area (TPSA) is 0 Å². The van der Waals surface area contributed by atoms with Crippen LogP contribution >= 0.6 is 15.9 Å². The van der Waals surface area contributed by atoms with E-state index in [-0.39, 0.29) is 10.0 Å². The maximum atomic E-state index is 12.5. The zero-order valence-electron chi connectivity index (χ0n) is 6.33. The van der Waals surface area contributed by atoms with Gasteiger partial charge >= 0.3 is 6.18 Å². The third-order valence-corrected chi connectivity index (χ3v) is 2.14. The Balaban J connectivity index is 2.90. The summed E-state index contributed by atoms with van der Waals surface area (Å²) in [6.07, 6.45) is -5.31. The van der Waals surface area contributed by atoms with Crippen molar-refractivity contribution in [3.8, 4) is 0 Å². The van der Waals surface area contributed by atoms with Crippen LogP contribution in [0.4, 0.5) is 17.6 Å². The Kier molecular flexibility index (Phi) is 2.95. The molecule has 1 aromatic rings. The molecule has 0 unspecified atom stereocenters. The third kappa shape index (κ3) is 3.34. The van der Waals surface area contributed by atoms with Crippen LogP contribution in [0.25, 0.3) is 0 Å². The Morgan fingerprint density at radius 2 is 1.85 bits per heavy atom. The Labute approximate surface area is 80.7 Å². The first-order valence-electron chi connectivity index (χ1n) is 3.39. The highest BCUT2D eigenvalue weighted by molar-refractivity contribution is 9.10. The summed E-state index contributed by atoms with van der Waals surface area (Å²) in [4.78, 5) is 0. The van der Waals surface area contributed by atoms with Gasteiger partial charge in [-0.3, -0.25) is 0 Å². The number of hydrogen-bond donors (Lipinski definition) is 0. The lowest BCUT2D eigenvalue weighted by molar-refractivity contribution is -0.127. The zero-order chi connectivity index (χ0) is 10.1. The van der Waals surface area contributed by atoms with Crippen LogP contribution in [0.2, 0.25) is 0 Å². The summed E-state index contributed by atoms with van der Waals surface area (Å²) >= 11 is 2.86. The lowest BCUT2D eigenvalue weighted by Crippen LogP contribution is -2.11. The van der Waals surface area contributed by atoms with Crippen molar-refractivity contribution in [2.45, 2.75) is 12.6 Å². The molecule has 0 saturated heterocycles. The molecule has 0 N–H and O–H groups in total. The molecule has 0 radical (unpaired) electrons. The molecule has 0 nitrogen and oxygen atoms in total. The summed E-state index contributed by atoms with van der Waals surface area (Å²) in [5, 5.41) is 0. The van der Waals surface area contributed by atoms with E-state index in [1.807, 2.05) is 0 Å². The lowest BCUT2D eigenvalue weighted by Gasteiger charge is -2.07. The summed E-state index contributed by atoms with van der Waals surface area (Å²) in [6.45, 7) is 0. The lowest BCUT2D eigenvalue weighted by atomic mass is 10.1. The monoisotopic (exact) mass is 256 g/mol. The molecule has 0 spiro atoms. The molecule has 13 heavy (non-hydrogen) atoms. The van der Waals surface area contributed by atoms with Crippen molar-refractivity contribution in [1.29, 1.82) is 0 Å². The average Bonchev–Trinajstić information content (AvgIpc) is 1.93. The molecule has 0 aromatic heterocycles. The average molecular weight is 257 g/mol. The van der Waals surface area contributed by atoms with Crippen LogP contribution < -0.4 is 0 Å². The van der Waals surface area contributed by atoms with E-state index in [0.29, 0.717) is 0 Å². The number of hydrogen-bond acceptors (Lipinski definition) is 0. The van der Waals surface area contributed by atoms with Crippen molar-refractivity contribution in [3.05, 3.63) is 34.1 Å². The summed E-state index contributed by atoms with van der Waals surface area (Å²) in [5.74, 6) is -0.558. The fourth-order valence-corrected chi connectivity index (χ4v) is 1.37. The molecule has 0 heterocycles. The Hall–Kier alpha value is -0.580. The fraction of sp³-hybridized carbons (Fsp3) is 0.250. The van der Waals surface area contributed by atoms with Gasteiger partial charge in [-0.2, -0.15) is 13.2 Å². The first kappa shape index (κ1) is 10.5. The number of alkyl halides is 3. The Bertz CT molecular complexity index is 306. The van der Waals surface area contributed by atoms with E-state index < -0.39 is 18.4 Å². The maximum Gasteiger partial charge on any atom is 0.393 e. The molecule has 5 heteroatoms. The van der Waals surface area contributed by atoms with Gasteiger partial charge in [0.1, 0.15) is 5.82 Å². The van der Waals surface area contributed by atoms with Gasteiger partial charge in [-0.05, 0) is 17.7 Å². The van der Waals surface area contributed by atoms with Gasteiger partial charge in [0.25, 0.3) is 0 Å². The number of benzene rings is 1. The minimum atomic E-state index is -4.26. The molecule has 0 fully saturated rings. The molecular formula is C8H5BrF4. The quantitative estimate of drug-likeness (QED) is 0.673. The van der Waals surface area contributed by atoms with Crippen LogP contribution in [0.3, 0.4) is 0 Å². The molecule has 0 aliphatic carbocycles. The number of rotatable bonds is 1. The fourth-order valence-electron chi connectivity index (χ4n) is 0.881. The minimum absolute atomic E-state index is 0.0360. The van der Waals surface area contributed by atoms with Crippen LogP contribution in [-0.2, 0) is 6.42 Å². The second-order valence-corrected chi connectivity index (χ2v) is 3.38. The van der Waals surface area contributed by atoms with Gasteiger partial charge in [-0.15, -0.1) is 0 Å². The van der Waals surface area contributed by atoms with Gasteiger partial charge in [-0.25, -0.2) is 4.39 Å². The van der Waals surface area contributed by atoms with E-state index in [4.69, 9.17) is 0 Å². The SMILES string of the molecule is Fc1ccc(CC(F)(F)F)c(Br)c1.